The van der Waals surface area contributed by atoms with E-state index in [1.807, 2.05) is 36.1 Å². The Morgan fingerprint density at radius 3 is 2.79 bits per heavy atom. The molecule has 29 heavy (non-hydrogen) atoms. The van der Waals surface area contributed by atoms with Crippen LogP contribution in [0.15, 0.2) is 24.3 Å². The summed E-state index contributed by atoms with van der Waals surface area (Å²) in [7, 11) is -3.20. The second kappa shape index (κ2) is 7.04. The number of rotatable bonds is 6. The number of β-amino-alcohol motifs (C(OH)–C–C–N with tert-alkyl or cyclic N) is 1. The van der Waals surface area contributed by atoms with Crippen molar-refractivity contribution in [2.45, 2.75) is 63.0 Å². The third-order valence-corrected chi connectivity index (χ3v) is 8.15. The molecule has 2 aliphatic carbocycles. The summed E-state index contributed by atoms with van der Waals surface area (Å²) in [5, 5.41) is 9.66. The third kappa shape index (κ3) is 3.53. The number of aliphatic hydroxyl groups excluding tert-OH is 1. The van der Waals surface area contributed by atoms with Crippen molar-refractivity contribution >= 4 is 16.0 Å². The summed E-state index contributed by atoms with van der Waals surface area (Å²) in [6.07, 6.45) is 4.16. The summed E-state index contributed by atoms with van der Waals surface area (Å²) in [6.45, 7) is 2.83. The number of aryl methyl sites for hydroxylation is 1. The molecule has 2 heterocycles. The number of aromatic nitrogens is 2. The number of hydrogen-bond acceptors (Lipinski definition) is 6. The predicted molar refractivity (Wildman–Crippen MR) is 111 cm³/mol. The summed E-state index contributed by atoms with van der Waals surface area (Å²) in [5.41, 5.74) is 5.13. The molecule has 1 saturated carbocycles. The quantitative estimate of drug-likeness (QED) is 0.748. The van der Waals surface area contributed by atoms with Gasteiger partial charge in [-0.05, 0) is 50.7 Å². The lowest BCUT2D eigenvalue weighted by Gasteiger charge is -2.43. The van der Waals surface area contributed by atoms with E-state index in [2.05, 4.69) is 4.72 Å². The Hall–Kier alpha value is -2.03. The van der Waals surface area contributed by atoms with Gasteiger partial charge < -0.3 is 10.0 Å². The molecule has 154 valence electrons. The van der Waals surface area contributed by atoms with Gasteiger partial charge >= 0.3 is 0 Å². The molecule has 1 aromatic carbocycles. The number of aliphatic hydroxyl groups is 1. The average molecular weight is 415 g/mol. The molecule has 7 nitrogen and oxygen atoms in total. The first-order chi connectivity index (χ1) is 13.9. The smallest absolute Gasteiger partial charge is 0.226 e. The number of hydrogen-bond donors (Lipinski definition) is 2. The fourth-order valence-electron chi connectivity index (χ4n) is 4.15. The first-order valence-electron chi connectivity index (χ1n) is 10.3. The van der Waals surface area contributed by atoms with Gasteiger partial charge in [0.1, 0.15) is 0 Å². The highest BCUT2D eigenvalue weighted by molar-refractivity contribution is 7.90. The maximum atomic E-state index is 12.1. The highest BCUT2D eigenvalue weighted by Gasteiger charge is 2.37. The molecule has 8 heteroatoms. The molecule has 0 radical (unpaired) electrons. The normalized spacial score (nSPS) is 23.7. The molecule has 1 aliphatic heterocycles. The molecular weight excluding hydrogens is 388 g/mol. The van der Waals surface area contributed by atoms with E-state index >= 15 is 0 Å². The van der Waals surface area contributed by atoms with Crippen LogP contribution in [-0.4, -0.2) is 47.4 Å². The Labute approximate surface area is 171 Å². The molecule has 0 bridgehead atoms. The molecular formula is C21H26N4O3S. The molecule has 2 atom stereocenters. The standard InChI is InChI=1S/C21H26N4O3S/c1-13-19(26)12-25(13)21-23-18-7-3-6-17(18)20(24-21)15-5-2-4-14(10-15)11-22-29(27,28)16-8-9-16/h2,4-5,10,13,16,19,22,26H,3,6-9,11-12H2,1H3/t13-,19+/m0/s1. The molecule has 1 saturated heterocycles. The lowest BCUT2D eigenvalue weighted by molar-refractivity contribution is 0.0979. The number of fused-ring (bicyclic) bond motifs is 1. The number of benzene rings is 1. The van der Waals surface area contributed by atoms with Gasteiger partial charge in [0.05, 0.1) is 23.1 Å². The molecule has 0 unspecified atom stereocenters. The summed E-state index contributed by atoms with van der Waals surface area (Å²) in [6, 6.07) is 7.96. The van der Waals surface area contributed by atoms with E-state index in [1.165, 1.54) is 5.56 Å². The fourth-order valence-corrected chi connectivity index (χ4v) is 5.51. The van der Waals surface area contributed by atoms with E-state index in [4.69, 9.17) is 9.97 Å². The van der Waals surface area contributed by atoms with E-state index in [1.54, 1.807) is 0 Å². The minimum absolute atomic E-state index is 0.0190. The second-order valence-corrected chi connectivity index (χ2v) is 10.4. The minimum atomic E-state index is -3.20. The van der Waals surface area contributed by atoms with E-state index in [9.17, 15) is 13.5 Å². The highest BCUT2D eigenvalue weighted by atomic mass is 32.2. The predicted octanol–water partition coefficient (Wildman–Crippen LogP) is 1.78. The Morgan fingerprint density at radius 2 is 2.07 bits per heavy atom. The minimum Gasteiger partial charge on any atom is -0.389 e. The monoisotopic (exact) mass is 414 g/mol. The van der Waals surface area contributed by atoms with Crippen molar-refractivity contribution in [3.05, 3.63) is 41.1 Å². The van der Waals surface area contributed by atoms with Crippen molar-refractivity contribution in [3.8, 4) is 11.3 Å². The van der Waals surface area contributed by atoms with Crippen molar-refractivity contribution < 1.29 is 13.5 Å². The molecule has 2 aromatic rings. The molecule has 5 rings (SSSR count). The van der Waals surface area contributed by atoms with Crippen LogP contribution in [0.25, 0.3) is 11.3 Å². The van der Waals surface area contributed by atoms with Crippen molar-refractivity contribution in [1.29, 1.82) is 0 Å². The molecule has 1 aromatic heterocycles. The first-order valence-corrected chi connectivity index (χ1v) is 11.9. The van der Waals surface area contributed by atoms with Crippen LogP contribution in [0.2, 0.25) is 0 Å². The van der Waals surface area contributed by atoms with Crippen LogP contribution >= 0.6 is 0 Å². The van der Waals surface area contributed by atoms with Crippen LogP contribution < -0.4 is 9.62 Å². The van der Waals surface area contributed by atoms with Crippen molar-refractivity contribution in [2.24, 2.45) is 0 Å². The SMILES string of the molecule is C[C@H]1[C@H](O)CN1c1nc2c(c(-c3cccc(CNS(=O)(=O)C4CC4)c3)n1)CCC2. The van der Waals surface area contributed by atoms with Gasteiger partial charge in [-0.3, -0.25) is 0 Å². The van der Waals surface area contributed by atoms with E-state index < -0.39 is 10.0 Å². The first kappa shape index (κ1) is 19.0. The van der Waals surface area contributed by atoms with E-state index in [0.717, 1.165) is 54.6 Å². The summed E-state index contributed by atoms with van der Waals surface area (Å²) in [4.78, 5) is 11.7. The third-order valence-electron chi connectivity index (χ3n) is 6.25. The summed E-state index contributed by atoms with van der Waals surface area (Å²) < 4.78 is 27.0. The van der Waals surface area contributed by atoms with Crippen molar-refractivity contribution in [3.63, 3.8) is 0 Å². The van der Waals surface area contributed by atoms with Gasteiger partial charge in [0.25, 0.3) is 0 Å². The molecule has 0 spiro atoms. The van der Waals surface area contributed by atoms with Crippen LogP contribution in [0.3, 0.4) is 0 Å². The van der Waals surface area contributed by atoms with Gasteiger partial charge in [-0.1, -0.05) is 18.2 Å². The maximum absolute atomic E-state index is 12.1. The lowest BCUT2D eigenvalue weighted by Crippen LogP contribution is -2.59. The lowest BCUT2D eigenvalue weighted by atomic mass is 10.0. The van der Waals surface area contributed by atoms with Crippen LogP contribution in [0, 0.1) is 0 Å². The Balaban J connectivity index is 1.45. The number of nitrogens with zero attached hydrogens (tertiary/aromatic N) is 3. The van der Waals surface area contributed by atoms with E-state index in [0.29, 0.717) is 19.0 Å². The van der Waals surface area contributed by atoms with Crippen LogP contribution in [-0.2, 0) is 29.4 Å². The van der Waals surface area contributed by atoms with E-state index in [-0.39, 0.29) is 17.4 Å². The average Bonchev–Trinajstić information content (AvgIpc) is 3.49. The maximum Gasteiger partial charge on any atom is 0.226 e. The second-order valence-electron chi connectivity index (χ2n) is 8.38. The van der Waals surface area contributed by atoms with Crippen molar-refractivity contribution in [2.75, 3.05) is 11.4 Å². The number of nitrogens with one attached hydrogen (secondary N) is 1. The number of sulfonamides is 1. The van der Waals surface area contributed by atoms with Gasteiger partial charge in [0, 0.05) is 29.9 Å². The van der Waals surface area contributed by atoms with Crippen molar-refractivity contribution in [1.82, 2.24) is 14.7 Å². The molecule has 3 aliphatic rings. The summed E-state index contributed by atoms with van der Waals surface area (Å²) >= 11 is 0. The fraction of sp³-hybridized carbons (Fsp3) is 0.524. The topological polar surface area (TPSA) is 95.4 Å². The van der Waals surface area contributed by atoms with Crippen LogP contribution in [0.1, 0.15) is 43.0 Å². The number of anilines is 1. The molecule has 2 N–H and O–H groups in total. The zero-order chi connectivity index (χ0) is 20.2. The van der Waals surface area contributed by atoms with Gasteiger partial charge in [-0.2, -0.15) is 0 Å². The molecule has 2 fully saturated rings. The zero-order valence-electron chi connectivity index (χ0n) is 16.5. The van der Waals surface area contributed by atoms with Gasteiger partial charge in [0.2, 0.25) is 16.0 Å². The van der Waals surface area contributed by atoms with Crippen LogP contribution in [0.4, 0.5) is 5.95 Å². The summed E-state index contributed by atoms with van der Waals surface area (Å²) in [5.74, 6) is 0.679. The van der Waals surface area contributed by atoms with Crippen LogP contribution in [0.5, 0.6) is 0 Å². The van der Waals surface area contributed by atoms with Gasteiger partial charge in [0.15, 0.2) is 0 Å². The Kier molecular flexibility index (Phi) is 4.60. The Morgan fingerprint density at radius 1 is 1.24 bits per heavy atom. The Bertz CT molecular complexity index is 1050. The zero-order valence-corrected chi connectivity index (χ0v) is 17.3. The molecule has 0 amide bonds. The largest absolute Gasteiger partial charge is 0.389 e. The van der Waals surface area contributed by atoms with Gasteiger partial charge in [-0.15, -0.1) is 0 Å². The van der Waals surface area contributed by atoms with Gasteiger partial charge in [-0.25, -0.2) is 23.1 Å². The highest BCUT2D eigenvalue weighted by Crippen LogP contribution is 2.34.